The average molecular weight is 956 g/mol. The van der Waals surface area contributed by atoms with E-state index < -0.39 is 0 Å². The second-order valence-corrected chi connectivity index (χ2v) is 19.3. The zero-order valence-corrected chi connectivity index (χ0v) is 39.9. The largest absolute Gasteiger partial charge is 0.454 e. The molecule has 7 heteroatoms. The third-order valence-electron chi connectivity index (χ3n) is 15.5. The fourth-order valence-electron chi connectivity index (χ4n) is 12.3. The average Bonchev–Trinajstić information content (AvgIpc) is 4.40. The van der Waals surface area contributed by atoms with Gasteiger partial charge in [-0.1, -0.05) is 158 Å². The lowest BCUT2D eigenvalue weighted by atomic mass is 10.0. The van der Waals surface area contributed by atoms with Gasteiger partial charge < -0.3 is 22.5 Å². The minimum Gasteiger partial charge on any atom is -0.454 e. The summed E-state index contributed by atoms with van der Waals surface area (Å²) in [5.41, 5.74) is 15.1. The monoisotopic (exact) mass is 955 g/mol. The first-order valence-corrected chi connectivity index (χ1v) is 25.0. The molecule has 0 saturated carbocycles. The number of nitrogens with zero attached hydrogens (tertiary/aromatic N) is 5. The topological polar surface area (TPSA) is 49.8 Å². The SMILES string of the molecule is [C-]#[N+]c1cc([N+]#[C-])c(-n2c3ccc(-c4ccccc4)cc3c3ccc4c5ccccc5oc4c32)c(-n2c3ccccc3c3ccccc32)c1-n1c2ccc(-c3ccccc3)cc2c2ccc3c4ccccc4oc3c21. The molecule has 0 aliphatic heterocycles. The van der Waals surface area contributed by atoms with Crippen LogP contribution in [0.15, 0.2) is 233 Å². The molecule has 75 heavy (non-hydrogen) atoms. The van der Waals surface area contributed by atoms with Gasteiger partial charge in [0.1, 0.15) is 11.2 Å². The van der Waals surface area contributed by atoms with Crippen molar-refractivity contribution in [1.29, 1.82) is 0 Å². The van der Waals surface area contributed by atoms with Gasteiger partial charge in [0.25, 0.3) is 0 Å². The summed E-state index contributed by atoms with van der Waals surface area (Å²) in [4.78, 5) is 8.90. The molecule has 16 rings (SSSR count). The maximum Gasteiger partial charge on any atom is 0.202 e. The van der Waals surface area contributed by atoms with Crippen molar-refractivity contribution < 1.29 is 8.83 Å². The van der Waals surface area contributed by atoms with Crippen molar-refractivity contribution in [2.45, 2.75) is 0 Å². The van der Waals surface area contributed by atoms with Gasteiger partial charge in [-0.15, -0.1) is 0 Å². The summed E-state index contributed by atoms with van der Waals surface area (Å²) < 4.78 is 20.9. The standard InChI is InChI=1S/C68H37N5O2/c1-69-54-39-55(70-2)65(73-59-36-30-43(41-19-7-4-8-20-41)38-53(59)49-32-34-51-47-24-12-16-28-61(47)75-68(51)63(49)73)66(71-56-25-13-9-21-44(56)45-22-10-14-26-57(45)71)64(54)72-58-35-29-42(40-17-5-3-6-18-40)37-52(58)48-31-33-50-46-23-11-15-27-60(46)74-67(50)62(48)72/h3-39H. The Hall–Kier alpha value is -10.6. The maximum atomic E-state index is 9.26. The summed E-state index contributed by atoms with van der Waals surface area (Å²) in [5.74, 6) is 0. The molecule has 5 aromatic heterocycles. The van der Waals surface area contributed by atoms with E-state index in [9.17, 15) is 13.1 Å². The predicted octanol–water partition coefficient (Wildman–Crippen LogP) is 19.2. The van der Waals surface area contributed by atoms with Crippen LogP contribution in [0.5, 0.6) is 0 Å². The summed E-state index contributed by atoms with van der Waals surface area (Å²) in [6.07, 6.45) is 0. The van der Waals surface area contributed by atoms with Crippen LogP contribution in [0.3, 0.4) is 0 Å². The Labute approximate surface area is 427 Å². The molecule has 7 nitrogen and oxygen atoms in total. The van der Waals surface area contributed by atoms with Crippen molar-refractivity contribution >= 4 is 121 Å². The molecular weight excluding hydrogens is 919 g/mol. The first-order valence-electron chi connectivity index (χ1n) is 25.0. The Bertz CT molecular complexity index is 4890. The third-order valence-corrected chi connectivity index (χ3v) is 15.5. The van der Waals surface area contributed by atoms with E-state index in [1.165, 1.54) is 0 Å². The lowest BCUT2D eigenvalue weighted by Gasteiger charge is -2.24. The van der Waals surface area contributed by atoms with Gasteiger partial charge >= 0.3 is 0 Å². The Morgan fingerprint density at radius 3 is 1.12 bits per heavy atom. The van der Waals surface area contributed by atoms with Gasteiger partial charge in [-0.25, -0.2) is 9.69 Å². The first-order chi connectivity index (χ1) is 37.1. The summed E-state index contributed by atoms with van der Waals surface area (Å²) in [6.45, 7) is 18.5. The van der Waals surface area contributed by atoms with E-state index in [2.05, 4.69) is 193 Å². The second kappa shape index (κ2) is 15.5. The second-order valence-electron chi connectivity index (χ2n) is 19.3. The molecule has 0 N–H and O–H groups in total. The van der Waals surface area contributed by atoms with Crippen LogP contribution in [-0.4, -0.2) is 13.7 Å². The minimum absolute atomic E-state index is 0.321. The normalized spacial score (nSPS) is 12.0. The van der Waals surface area contributed by atoms with E-state index in [1.54, 1.807) is 6.07 Å². The van der Waals surface area contributed by atoms with Crippen LogP contribution in [0.2, 0.25) is 0 Å². The number of hydrogen-bond donors (Lipinski definition) is 0. The van der Waals surface area contributed by atoms with Crippen molar-refractivity contribution in [2.75, 3.05) is 0 Å². The number of para-hydroxylation sites is 4. The molecule has 0 aliphatic rings. The van der Waals surface area contributed by atoms with Crippen LogP contribution in [0.1, 0.15) is 0 Å². The fourth-order valence-corrected chi connectivity index (χ4v) is 12.3. The molecule has 0 radical (unpaired) electrons. The summed E-state index contributed by atoms with van der Waals surface area (Å²) in [7, 11) is 0. The summed E-state index contributed by atoms with van der Waals surface area (Å²) >= 11 is 0. The van der Waals surface area contributed by atoms with Crippen molar-refractivity contribution in [3.8, 4) is 39.3 Å². The minimum atomic E-state index is 0.321. The zero-order valence-electron chi connectivity index (χ0n) is 39.9. The third kappa shape index (κ3) is 5.67. The van der Waals surface area contributed by atoms with Gasteiger partial charge in [-0.2, -0.15) is 0 Å². The number of aromatic nitrogens is 3. The first kappa shape index (κ1) is 41.1. The molecule has 11 aromatic carbocycles. The number of rotatable bonds is 5. The van der Waals surface area contributed by atoms with Crippen molar-refractivity contribution in [1.82, 2.24) is 13.7 Å². The molecule has 346 valence electrons. The van der Waals surface area contributed by atoms with Crippen LogP contribution in [-0.2, 0) is 0 Å². The highest BCUT2D eigenvalue weighted by Crippen LogP contribution is 2.52. The molecular formula is C68H37N5O2. The Kier molecular flexibility index (Phi) is 8.46. The van der Waals surface area contributed by atoms with Crippen LogP contribution in [0.25, 0.3) is 158 Å². The lowest BCUT2D eigenvalue weighted by molar-refractivity contribution is 0.671. The van der Waals surface area contributed by atoms with E-state index in [1.807, 2.05) is 48.5 Å². The van der Waals surface area contributed by atoms with Gasteiger partial charge in [0, 0.05) is 53.9 Å². The van der Waals surface area contributed by atoms with E-state index in [-0.39, 0.29) is 0 Å². The Morgan fingerprint density at radius 2 is 0.667 bits per heavy atom. The van der Waals surface area contributed by atoms with Gasteiger partial charge in [-0.3, -0.25) is 0 Å². The highest BCUT2D eigenvalue weighted by molar-refractivity contribution is 6.25. The highest BCUT2D eigenvalue weighted by atomic mass is 16.3. The molecule has 0 atom stereocenters. The van der Waals surface area contributed by atoms with Gasteiger partial charge in [-0.05, 0) is 89.0 Å². The highest BCUT2D eigenvalue weighted by Gasteiger charge is 2.32. The number of furan rings is 2. The summed E-state index contributed by atoms with van der Waals surface area (Å²) in [5, 5.41) is 9.99. The molecule has 0 fully saturated rings. The predicted molar refractivity (Wildman–Crippen MR) is 307 cm³/mol. The van der Waals surface area contributed by atoms with E-state index in [0.29, 0.717) is 39.6 Å². The molecule has 0 bridgehead atoms. The number of benzene rings is 11. The van der Waals surface area contributed by atoms with Crippen LogP contribution in [0, 0.1) is 13.1 Å². The molecule has 0 amide bonds. The van der Waals surface area contributed by atoms with Gasteiger partial charge in [0.15, 0.2) is 11.2 Å². The van der Waals surface area contributed by atoms with E-state index in [0.717, 1.165) is 120 Å². The van der Waals surface area contributed by atoms with E-state index in [4.69, 9.17) is 8.83 Å². The molecule has 0 saturated heterocycles. The fraction of sp³-hybridized carbons (Fsp3) is 0. The maximum absolute atomic E-state index is 9.26. The quantitative estimate of drug-likeness (QED) is 0.161. The summed E-state index contributed by atoms with van der Waals surface area (Å²) in [6, 6.07) is 77.9. The van der Waals surface area contributed by atoms with Crippen molar-refractivity contribution in [3.05, 3.63) is 247 Å². The zero-order chi connectivity index (χ0) is 49.5. The lowest BCUT2D eigenvalue weighted by Crippen LogP contribution is -2.10. The van der Waals surface area contributed by atoms with E-state index >= 15 is 0 Å². The van der Waals surface area contributed by atoms with Crippen LogP contribution < -0.4 is 0 Å². The molecule has 0 unspecified atom stereocenters. The molecule has 0 aliphatic carbocycles. The Morgan fingerprint density at radius 1 is 0.280 bits per heavy atom. The van der Waals surface area contributed by atoms with Crippen molar-refractivity contribution in [2.24, 2.45) is 0 Å². The van der Waals surface area contributed by atoms with Gasteiger partial charge in [0.2, 0.25) is 11.4 Å². The van der Waals surface area contributed by atoms with Crippen LogP contribution >= 0.6 is 0 Å². The molecule has 5 heterocycles. The smallest absolute Gasteiger partial charge is 0.202 e. The Balaban J connectivity index is 1.17. The molecule has 16 aromatic rings. The molecule has 0 spiro atoms. The number of fused-ring (bicyclic) bond motifs is 17. The number of hydrogen-bond acceptors (Lipinski definition) is 2. The van der Waals surface area contributed by atoms with Gasteiger partial charge in [0.05, 0.1) is 63.3 Å². The van der Waals surface area contributed by atoms with Crippen LogP contribution in [0.4, 0.5) is 11.4 Å². The van der Waals surface area contributed by atoms with Crippen molar-refractivity contribution in [3.63, 3.8) is 0 Å².